The lowest BCUT2D eigenvalue weighted by Crippen LogP contribution is -2.36. The highest BCUT2D eigenvalue weighted by atomic mass is 35.5. The maximum absolute atomic E-state index is 11.2. The van der Waals surface area contributed by atoms with Gasteiger partial charge in [-0.1, -0.05) is 6.07 Å². The van der Waals surface area contributed by atoms with E-state index >= 15 is 0 Å². The van der Waals surface area contributed by atoms with Crippen LogP contribution in [0.2, 0.25) is 0 Å². The summed E-state index contributed by atoms with van der Waals surface area (Å²) in [5.41, 5.74) is 1.58. The molecule has 0 N–H and O–H groups in total. The third-order valence-corrected chi connectivity index (χ3v) is 3.82. The van der Waals surface area contributed by atoms with E-state index in [1.165, 1.54) is 0 Å². The largest absolute Gasteiger partial charge is 0.381 e. The molecule has 5 nitrogen and oxygen atoms in total. The Kier molecular flexibility index (Phi) is 4.61. The van der Waals surface area contributed by atoms with Crippen LogP contribution in [0.1, 0.15) is 18.4 Å². The van der Waals surface area contributed by atoms with E-state index in [9.17, 15) is 10.1 Å². The maximum Gasteiger partial charge on any atom is 0.292 e. The third kappa shape index (κ3) is 3.16. The number of nitro benzene ring substituents is 1. The molecular weight excluding hydrogens is 268 g/mol. The van der Waals surface area contributed by atoms with E-state index in [1.54, 1.807) is 19.2 Å². The van der Waals surface area contributed by atoms with E-state index < -0.39 is 0 Å². The highest BCUT2D eigenvalue weighted by molar-refractivity contribution is 6.17. The fourth-order valence-corrected chi connectivity index (χ4v) is 2.56. The Bertz CT molecular complexity index is 459. The Morgan fingerprint density at radius 1 is 1.47 bits per heavy atom. The van der Waals surface area contributed by atoms with Crippen LogP contribution in [0.3, 0.4) is 0 Å². The smallest absolute Gasteiger partial charge is 0.292 e. The minimum atomic E-state index is -0.339. The number of nitro groups is 1. The summed E-state index contributed by atoms with van der Waals surface area (Å²) in [6, 6.07) is 5.20. The molecule has 0 unspecified atom stereocenters. The van der Waals surface area contributed by atoms with Crippen LogP contribution in [0, 0.1) is 10.1 Å². The van der Waals surface area contributed by atoms with Gasteiger partial charge in [-0.2, -0.15) is 0 Å². The number of halogens is 1. The second kappa shape index (κ2) is 6.21. The van der Waals surface area contributed by atoms with E-state index in [1.807, 2.05) is 11.0 Å². The summed E-state index contributed by atoms with van der Waals surface area (Å²) in [7, 11) is 1.71. The van der Waals surface area contributed by atoms with Crippen LogP contribution in [-0.4, -0.2) is 31.2 Å². The molecule has 0 radical (unpaired) electrons. The number of piperidine rings is 1. The molecule has 1 saturated heterocycles. The van der Waals surface area contributed by atoms with Gasteiger partial charge in [0.1, 0.15) is 5.69 Å². The molecule has 1 fully saturated rings. The van der Waals surface area contributed by atoms with Gasteiger partial charge in [-0.05, 0) is 24.5 Å². The third-order valence-electron chi connectivity index (χ3n) is 3.51. The van der Waals surface area contributed by atoms with Crippen molar-refractivity contribution in [1.82, 2.24) is 0 Å². The standard InChI is InChI=1S/C13H17ClN2O3/c1-19-11-4-6-15(7-5-11)12-3-2-10(9-14)8-13(12)16(17)18/h2-3,8,11H,4-7,9H2,1H3. The van der Waals surface area contributed by atoms with Crippen LogP contribution < -0.4 is 4.90 Å². The van der Waals surface area contributed by atoms with Crippen LogP contribution in [0.5, 0.6) is 0 Å². The minimum absolute atomic E-state index is 0.133. The van der Waals surface area contributed by atoms with E-state index in [2.05, 4.69) is 0 Å². The van der Waals surface area contributed by atoms with Crippen LogP contribution in [0.4, 0.5) is 11.4 Å². The molecule has 0 aromatic heterocycles. The molecular formula is C13H17ClN2O3. The van der Waals surface area contributed by atoms with E-state index in [0.717, 1.165) is 31.5 Å². The van der Waals surface area contributed by atoms with Crippen molar-refractivity contribution in [3.05, 3.63) is 33.9 Å². The molecule has 1 aliphatic heterocycles. The van der Waals surface area contributed by atoms with Crippen molar-refractivity contribution >= 4 is 23.0 Å². The first-order valence-electron chi connectivity index (χ1n) is 6.26. The van der Waals surface area contributed by atoms with Crippen LogP contribution in [0.15, 0.2) is 18.2 Å². The van der Waals surface area contributed by atoms with Crippen LogP contribution in [0.25, 0.3) is 0 Å². The molecule has 0 aliphatic carbocycles. The highest BCUT2D eigenvalue weighted by Crippen LogP contribution is 2.32. The van der Waals surface area contributed by atoms with Crippen molar-refractivity contribution in [1.29, 1.82) is 0 Å². The topological polar surface area (TPSA) is 55.6 Å². The molecule has 1 aromatic carbocycles. The lowest BCUT2D eigenvalue weighted by atomic mass is 10.1. The second-order valence-electron chi connectivity index (χ2n) is 4.64. The van der Waals surface area contributed by atoms with Gasteiger partial charge in [-0.25, -0.2) is 0 Å². The molecule has 0 amide bonds. The number of benzene rings is 1. The zero-order chi connectivity index (χ0) is 13.8. The normalized spacial score (nSPS) is 16.6. The highest BCUT2D eigenvalue weighted by Gasteiger charge is 2.24. The van der Waals surface area contributed by atoms with Crippen molar-refractivity contribution in [2.75, 3.05) is 25.1 Å². The summed E-state index contributed by atoms with van der Waals surface area (Å²) in [4.78, 5) is 12.9. The van der Waals surface area contributed by atoms with Gasteiger partial charge in [0.15, 0.2) is 0 Å². The molecule has 2 rings (SSSR count). The summed E-state index contributed by atoms with van der Waals surface area (Å²) in [5, 5.41) is 11.2. The van der Waals surface area contributed by atoms with Crippen molar-refractivity contribution in [3.8, 4) is 0 Å². The zero-order valence-corrected chi connectivity index (χ0v) is 11.6. The fraction of sp³-hybridized carbons (Fsp3) is 0.538. The van der Waals surface area contributed by atoms with E-state index in [-0.39, 0.29) is 22.6 Å². The minimum Gasteiger partial charge on any atom is -0.381 e. The van der Waals surface area contributed by atoms with Gasteiger partial charge in [0.05, 0.1) is 11.0 Å². The van der Waals surface area contributed by atoms with Crippen molar-refractivity contribution in [2.45, 2.75) is 24.8 Å². The summed E-state index contributed by atoms with van der Waals surface area (Å²) < 4.78 is 5.31. The van der Waals surface area contributed by atoms with Gasteiger partial charge in [-0.15, -0.1) is 11.6 Å². The number of hydrogen-bond donors (Lipinski definition) is 0. The zero-order valence-electron chi connectivity index (χ0n) is 10.8. The Labute approximate surface area is 117 Å². The quantitative estimate of drug-likeness (QED) is 0.484. The lowest BCUT2D eigenvalue weighted by Gasteiger charge is -2.32. The Morgan fingerprint density at radius 3 is 2.68 bits per heavy atom. The first-order valence-corrected chi connectivity index (χ1v) is 6.80. The van der Waals surface area contributed by atoms with Gasteiger partial charge in [0.25, 0.3) is 5.69 Å². The summed E-state index contributed by atoms with van der Waals surface area (Å²) >= 11 is 5.73. The van der Waals surface area contributed by atoms with E-state index in [4.69, 9.17) is 16.3 Å². The molecule has 1 heterocycles. The Balaban J connectivity index is 2.22. The summed E-state index contributed by atoms with van der Waals surface area (Å²) in [5.74, 6) is 0.285. The molecule has 0 spiro atoms. The maximum atomic E-state index is 11.2. The van der Waals surface area contributed by atoms with Crippen LogP contribution >= 0.6 is 11.6 Å². The monoisotopic (exact) mass is 284 g/mol. The number of anilines is 1. The first kappa shape index (κ1) is 14.1. The van der Waals surface area contributed by atoms with Gasteiger partial charge in [-0.3, -0.25) is 10.1 Å². The summed E-state index contributed by atoms with van der Waals surface area (Å²) in [6.07, 6.45) is 2.05. The van der Waals surface area contributed by atoms with Gasteiger partial charge in [0, 0.05) is 32.1 Å². The molecule has 19 heavy (non-hydrogen) atoms. The first-order chi connectivity index (χ1) is 9.15. The van der Waals surface area contributed by atoms with Crippen LogP contribution in [-0.2, 0) is 10.6 Å². The predicted molar refractivity (Wildman–Crippen MR) is 74.9 cm³/mol. The predicted octanol–water partition coefficient (Wildman–Crippen LogP) is 2.95. The molecule has 0 saturated carbocycles. The van der Waals surface area contributed by atoms with Crippen molar-refractivity contribution in [3.63, 3.8) is 0 Å². The number of ether oxygens (including phenoxy) is 1. The van der Waals surface area contributed by atoms with Gasteiger partial charge in [0.2, 0.25) is 0 Å². The number of methoxy groups -OCH3 is 1. The average molecular weight is 285 g/mol. The fourth-order valence-electron chi connectivity index (χ4n) is 2.40. The SMILES string of the molecule is COC1CCN(c2ccc(CCl)cc2[N+](=O)[O-])CC1. The second-order valence-corrected chi connectivity index (χ2v) is 4.90. The molecule has 0 atom stereocenters. The number of rotatable bonds is 4. The molecule has 0 bridgehead atoms. The molecule has 6 heteroatoms. The average Bonchev–Trinajstić information content (AvgIpc) is 2.46. The number of alkyl halides is 1. The van der Waals surface area contributed by atoms with E-state index in [0.29, 0.717) is 5.69 Å². The number of hydrogen-bond acceptors (Lipinski definition) is 4. The molecule has 1 aromatic rings. The van der Waals surface area contributed by atoms with Crippen molar-refractivity contribution < 1.29 is 9.66 Å². The number of nitrogens with zero attached hydrogens (tertiary/aromatic N) is 2. The molecule has 104 valence electrons. The summed E-state index contributed by atoms with van der Waals surface area (Å²) in [6.45, 7) is 1.55. The lowest BCUT2D eigenvalue weighted by molar-refractivity contribution is -0.384. The Morgan fingerprint density at radius 2 is 2.16 bits per heavy atom. The van der Waals surface area contributed by atoms with Gasteiger partial charge < -0.3 is 9.64 Å². The molecule has 1 aliphatic rings. The Hall–Kier alpha value is -1.33. The van der Waals surface area contributed by atoms with Gasteiger partial charge >= 0.3 is 0 Å². The van der Waals surface area contributed by atoms with Crippen molar-refractivity contribution in [2.24, 2.45) is 0 Å².